The van der Waals surface area contributed by atoms with E-state index in [0.717, 1.165) is 25.2 Å². The van der Waals surface area contributed by atoms with E-state index in [4.69, 9.17) is 4.74 Å². The molecule has 1 aromatic heterocycles. The van der Waals surface area contributed by atoms with Crippen LogP contribution in [0.15, 0.2) is 12.4 Å². The molecule has 2 aliphatic rings. The summed E-state index contributed by atoms with van der Waals surface area (Å²) in [6, 6.07) is 0. The molecule has 0 aliphatic carbocycles. The molecular formula is C14H21N3O2. The summed E-state index contributed by atoms with van der Waals surface area (Å²) in [4.78, 5) is 18.9. The van der Waals surface area contributed by atoms with Gasteiger partial charge in [-0.05, 0) is 20.3 Å². The molecule has 3 heterocycles. The van der Waals surface area contributed by atoms with E-state index in [2.05, 4.69) is 9.55 Å². The maximum absolute atomic E-state index is 12.6. The number of ether oxygens (including phenoxy) is 1. The van der Waals surface area contributed by atoms with Gasteiger partial charge in [-0.1, -0.05) is 0 Å². The minimum Gasteiger partial charge on any atom is -0.372 e. The second-order valence-corrected chi connectivity index (χ2v) is 5.73. The molecule has 3 unspecified atom stereocenters. The van der Waals surface area contributed by atoms with Crippen LogP contribution in [-0.4, -0.2) is 45.7 Å². The summed E-state index contributed by atoms with van der Waals surface area (Å²) in [5.74, 6) is 1.41. The van der Waals surface area contributed by atoms with Crippen molar-refractivity contribution in [1.29, 1.82) is 0 Å². The molecule has 1 aromatic rings. The Morgan fingerprint density at radius 3 is 2.84 bits per heavy atom. The summed E-state index contributed by atoms with van der Waals surface area (Å²) in [6.07, 6.45) is 5.78. The largest absolute Gasteiger partial charge is 0.372 e. The predicted octanol–water partition coefficient (Wildman–Crippen LogP) is 1.08. The number of imidazole rings is 1. The Hall–Kier alpha value is -1.36. The Balaban J connectivity index is 1.68. The molecule has 1 fully saturated rings. The lowest BCUT2D eigenvalue weighted by Gasteiger charge is -2.37. The molecule has 1 amide bonds. The van der Waals surface area contributed by atoms with Gasteiger partial charge in [0.15, 0.2) is 0 Å². The van der Waals surface area contributed by atoms with Gasteiger partial charge in [0.05, 0.1) is 12.2 Å². The van der Waals surface area contributed by atoms with E-state index in [0.29, 0.717) is 13.1 Å². The minimum absolute atomic E-state index is 0.0902. The van der Waals surface area contributed by atoms with Crippen molar-refractivity contribution in [2.24, 2.45) is 5.92 Å². The number of hydrogen-bond donors (Lipinski definition) is 0. The molecule has 0 bridgehead atoms. The topological polar surface area (TPSA) is 47.4 Å². The number of aromatic nitrogens is 2. The van der Waals surface area contributed by atoms with Gasteiger partial charge >= 0.3 is 0 Å². The molecule has 5 heteroatoms. The molecule has 0 aromatic carbocycles. The van der Waals surface area contributed by atoms with Gasteiger partial charge in [0.1, 0.15) is 5.82 Å². The van der Waals surface area contributed by atoms with E-state index >= 15 is 0 Å². The first-order valence-electron chi connectivity index (χ1n) is 7.07. The number of rotatable bonds is 1. The van der Waals surface area contributed by atoms with Gasteiger partial charge in [-0.2, -0.15) is 0 Å². The highest BCUT2D eigenvalue weighted by atomic mass is 16.5. The van der Waals surface area contributed by atoms with Gasteiger partial charge in [-0.25, -0.2) is 4.98 Å². The average Bonchev–Trinajstić information content (AvgIpc) is 2.83. The van der Waals surface area contributed by atoms with E-state index in [-0.39, 0.29) is 24.0 Å². The first-order valence-corrected chi connectivity index (χ1v) is 7.07. The van der Waals surface area contributed by atoms with E-state index in [1.54, 1.807) is 0 Å². The van der Waals surface area contributed by atoms with E-state index in [1.807, 2.05) is 31.1 Å². The zero-order chi connectivity index (χ0) is 13.4. The van der Waals surface area contributed by atoms with Crippen LogP contribution >= 0.6 is 0 Å². The third kappa shape index (κ3) is 2.52. The van der Waals surface area contributed by atoms with Crippen LogP contribution in [0.25, 0.3) is 0 Å². The van der Waals surface area contributed by atoms with Gasteiger partial charge in [-0.3, -0.25) is 4.79 Å². The number of carbonyl (C=O) groups is 1. The predicted molar refractivity (Wildman–Crippen MR) is 70.6 cm³/mol. The maximum atomic E-state index is 12.6. The summed E-state index contributed by atoms with van der Waals surface area (Å²) in [5, 5.41) is 0. The van der Waals surface area contributed by atoms with Crippen LogP contribution in [0.1, 0.15) is 26.1 Å². The Labute approximate surface area is 113 Å². The van der Waals surface area contributed by atoms with Crippen LogP contribution in [-0.2, 0) is 22.5 Å². The molecule has 2 aliphatic heterocycles. The third-order valence-electron chi connectivity index (χ3n) is 4.03. The van der Waals surface area contributed by atoms with Gasteiger partial charge in [0.2, 0.25) is 5.91 Å². The highest BCUT2D eigenvalue weighted by Crippen LogP contribution is 2.23. The fourth-order valence-electron chi connectivity index (χ4n) is 3.18. The second-order valence-electron chi connectivity index (χ2n) is 5.73. The molecule has 3 atom stereocenters. The van der Waals surface area contributed by atoms with Crippen molar-refractivity contribution in [3.8, 4) is 0 Å². The van der Waals surface area contributed by atoms with Crippen molar-refractivity contribution in [1.82, 2.24) is 14.5 Å². The monoisotopic (exact) mass is 263 g/mol. The first-order chi connectivity index (χ1) is 9.13. The summed E-state index contributed by atoms with van der Waals surface area (Å²) < 4.78 is 7.83. The van der Waals surface area contributed by atoms with E-state index in [1.165, 1.54) is 0 Å². The zero-order valence-corrected chi connectivity index (χ0v) is 11.6. The quantitative estimate of drug-likeness (QED) is 0.762. The molecule has 104 valence electrons. The van der Waals surface area contributed by atoms with Crippen molar-refractivity contribution in [2.45, 2.75) is 45.4 Å². The Bertz CT molecular complexity index is 461. The number of aryl methyl sites for hydroxylation is 1. The number of nitrogens with zero attached hydrogens (tertiary/aromatic N) is 3. The van der Waals surface area contributed by atoms with Crippen LogP contribution in [0.2, 0.25) is 0 Å². The fourth-order valence-corrected chi connectivity index (χ4v) is 3.18. The summed E-state index contributed by atoms with van der Waals surface area (Å²) >= 11 is 0. The fraction of sp³-hybridized carbons (Fsp3) is 0.714. The summed E-state index contributed by atoms with van der Waals surface area (Å²) in [5.41, 5.74) is 0. The number of hydrogen-bond acceptors (Lipinski definition) is 3. The van der Waals surface area contributed by atoms with Gasteiger partial charge in [0, 0.05) is 44.4 Å². The van der Waals surface area contributed by atoms with Gasteiger partial charge < -0.3 is 14.2 Å². The van der Waals surface area contributed by atoms with Crippen molar-refractivity contribution < 1.29 is 9.53 Å². The molecule has 0 N–H and O–H groups in total. The number of fused-ring (bicyclic) bond motifs is 1. The lowest BCUT2D eigenvalue weighted by molar-refractivity contribution is -0.148. The van der Waals surface area contributed by atoms with Crippen LogP contribution in [0.5, 0.6) is 0 Å². The number of carbonyl (C=O) groups excluding carboxylic acids is 1. The third-order valence-corrected chi connectivity index (χ3v) is 4.03. The maximum Gasteiger partial charge on any atom is 0.226 e. The Kier molecular flexibility index (Phi) is 3.31. The average molecular weight is 263 g/mol. The van der Waals surface area contributed by atoms with Crippen molar-refractivity contribution >= 4 is 5.91 Å². The Morgan fingerprint density at radius 2 is 2.11 bits per heavy atom. The smallest absolute Gasteiger partial charge is 0.226 e. The minimum atomic E-state index is 0.0902. The van der Waals surface area contributed by atoms with Crippen LogP contribution in [0, 0.1) is 5.92 Å². The first kappa shape index (κ1) is 12.7. The zero-order valence-electron chi connectivity index (χ0n) is 11.6. The standard InChI is InChI=1S/C14H21N3O2/c1-10-8-17(9-11(2)19-10)14(18)12-3-5-16-6-4-15-13(16)7-12/h4,6,10-12H,3,5,7-9H2,1-2H3. The van der Waals surface area contributed by atoms with Gasteiger partial charge in [-0.15, -0.1) is 0 Å². The Morgan fingerprint density at radius 1 is 1.37 bits per heavy atom. The molecule has 0 radical (unpaired) electrons. The normalized spacial score (nSPS) is 31.1. The SMILES string of the molecule is CC1CN(C(=O)C2CCn3ccnc3C2)CC(C)O1. The number of morpholine rings is 1. The lowest BCUT2D eigenvalue weighted by Crippen LogP contribution is -2.50. The van der Waals surface area contributed by atoms with E-state index < -0.39 is 0 Å². The van der Waals surface area contributed by atoms with Crippen molar-refractivity contribution in [2.75, 3.05) is 13.1 Å². The van der Waals surface area contributed by atoms with Gasteiger partial charge in [0.25, 0.3) is 0 Å². The molecule has 0 saturated carbocycles. The molecule has 5 nitrogen and oxygen atoms in total. The van der Waals surface area contributed by atoms with E-state index in [9.17, 15) is 4.79 Å². The molecular weight excluding hydrogens is 242 g/mol. The molecule has 1 saturated heterocycles. The molecule has 19 heavy (non-hydrogen) atoms. The highest BCUT2D eigenvalue weighted by Gasteiger charge is 2.32. The highest BCUT2D eigenvalue weighted by molar-refractivity contribution is 5.79. The summed E-state index contributed by atoms with van der Waals surface area (Å²) in [6.45, 7) is 6.40. The second kappa shape index (κ2) is 4.96. The molecule has 3 rings (SSSR count). The van der Waals surface area contributed by atoms with Crippen LogP contribution < -0.4 is 0 Å². The summed E-state index contributed by atoms with van der Waals surface area (Å²) in [7, 11) is 0. The van der Waals surface area contributed by atoms with Crippen LogP contribution in [0.3, 0.4) is 0 Å². The van der Waals surface area contributed by atoms with Crippen molar-refractivity contribution in [3.05, 3.63) is 18.2 Å². The van der Waals surface area contributed by atoms with Crippen LogP contribution in [0.4, 0.5) is 0 Å². The number of amides is 1. The molecule has 0 spiro atoms. The van der Waals surface area contributed by atoms with Crippen molar-refractivity contribution in [3.63, 3.8) is 0 Å². The lowest BCUT2D eigenvalue weighted by atomic mass is 9.95.